The van der Waals surface area contributed by atoms with Crippen molar-refractivity contribution in [3.63, 3.8) is 0 Å². The number of benzene rings is 7. The van der Waals surface area contributed by atoms with Crippen LogP contribution in [0.1, 0.15) is 0 Å². The standard InChI is InChI=1S/C38H22O2/c1-2-8-25-20-26(13-12-23(25)6-1)27-14-17-35-33(21-27)37-36(39-35)19-16-31-32-22-28(15-18-34(32)40-38(31)37)30-11-5-9-24-7-3-4-10-29(24)30/h1-22H. The van der Waals surface area contributed by atoms with Crippen molar-refractivity contribution in [3.05, 3.63) is 133 Å². The second-order valence-electron chi connectivity index (χ2n) is 10.5. The van der Waals surface area contributed by atoms with Crippen LogP contribution in [0.25, 0.3) is 87.7 Å². The minimum absolute atomic E-state index is 0.839. The molecule has 0 atom stereocenters. The summed E-state index contributed by atoms with van der Waals surface area (Å²) in [5.74, 6) is 0. The molecule has 0 radical (unpaired) electrons. The normalized spacial score (nSPS) is 12.0. The highest BCUT2D eigenvalue weighted by Crippen LogP contribution is 2.42. The Labute approximate surface area is 229 Å². The molecule has 40 heavy (non-hydrogen) atoms. The van der Waals surface area contributed by atoms with Gasteiger partial charge in [-0.3, -0.25) is 0 Å². The first-order chi connectivity index (χ1) is 19.8. The number of furan rings is 2. The summed E-state index contributed by atoms with van der Waals surface area (Å²) in [7, 11) is 0. The van der Waals surface area contributed by atoms with E-state index in [0.717, 1.165) is 49.4 Å². The Kier molecular flexibility index (Phi) is 4.36. The van der Waals surface area contributed by atoms with E-state index in [0.29, 0.717) is 0 Å². The first-order valence-electron chi connectivity index (χ1n) is 13.6. The zero-order valence-electron chi connectivity index (χ0n) is 21.5. The molecule has 0 amide bonds. The average molecular weight is 511 g/mol. The minimum atomic E-state index is 0.839. The molecule has 0 aliphatic heterocycles. The van der Waals surface area contributed by atoms with E-state index in [2.05, 4.69) is 133 Å². The monoisotopic (exact) mass is 510 g/mol. The summed E-state index contributed by atoms with van der Waals surface area (Å²) in [6.45, 7) is 0. The quantitative estimate of drug-likeness (QED) is 0.231. The van der Waals surface area contributed by atoms with Gasteiger partial charge in [-0.2, -0.15) is 0 Å². The smallest absolute Gasteiger partial charge is 0.147 e. The second kappa shape index (κ2) is 8.08. The predicted octanol–water partition coefficient (Wildman–Crippen LogP) is 11.1. The Morgan fingerprint density at radius 1 is 0.350 bits per heavy atom. The van der Waals surface area contributed by atoms with Gasteiger partial charge in [-0.05, 0) is 86.3 Å². The van der Waals surface area contributed by atoms with Crippen LogP contribution in [0.3, 0.4) is 0 Å². The van der Waals surface area contributed by atoms with E-state index >= 15 is 0 Å². The third kappa shape index (κ3) is 3.11. The molecule has 0 spiro atoms. The summed E-state index contributed by atoms with van der Waals surface area (Å²) < 4.78 is 12.9. The molecule has 2 aromatic heterocycles. The number of fused-ring (bicyclic) bond motifs is 9. The zero-order chi connectivity index (χ0) is 26.2. The molecule has 0 aliphatic carbocycles. The van der Waals surface area contributed by atoms with Gasteiger partial charge in [0.25, 0.3) is 0 Å². The molecule has 0 saturated heterocycles. The Hall–Kier alpha value is -5.34. The molecule has 9 aromatic rings. The van der Waals surface area contributed by atoms with Crippen molar-refractivity contribution >= 4 is 65.4 Å². The van der Waals surface area contributed by atoms with E-state index in [1.807, 2.05) is 0 Å². The van der Waals surface area contributed by atoms with Gasteiger partial charge >= 0.3 is 0 Å². The fourth-order valence-corrected chi connectivity index (χ4v) is 6.29. The van der Waals surface area contributed by atoms with E-state index in [-0.39, 0.29) is 0 Å². The highest BCUT2D eigenvalue weighted by molar-refractivity contribution is 6.22. The fourth-order valence-electron chi connectivity index (χ4n) is 6.29. The maximum Gasteiger partial charge on any atom is 0.147 e. The van der Waals surface area contributed by atoms with Crippen molar-refractivity contribution in [2.45, 2.75) is 0 Å². The van der Waals surface area contributed by atoms with Gasteiger partial charge in [0.1, 0.15) is 22.3 Å². The number of rotatable bonds is 2. The van der Waals surface area contributed by atoms with Crippen molar-refractivity contribution in [2.24, 2.45) is 0 Å². The van der Waals surface area contributed by atoms with Crippen LogP contribution in [0.2, 0.25) is 0 Å². The van der Waals surface area contributed by atoms with Crippen LogP contribution >= 0.6 is 0 Å². The Balaban J connectivity index is 1.27. The molecule has 0 aliphatic rings. The van der Waals surface area contributed by atoms with Gasteiger partial charge in [-0.25, -0.2) is 0 Å². The molecular weight excluding hydrogens is 488 g/mol. The Morgan fingerprint density at radius 2 is 1.02 bits per heavy atom. The number of hydrogen-bond acceptors (Lipinski definition) is 2. The molecule has 9 rings (SSSR count). The van der Waals surface area contributed by atoms with Gasteiger partial charge in [-0.15, -0.1) is 0 Å². The fraction of sp³-hybridized carbons (Fsp3) is 0. The average Bonchev–Trinajstić information content (AvgIpc) is 3.58. The van der Waals surface area contributed by atoms with Gasteiger partial charge in [0.15, 0.2) is 0 Å². The molecule has 2 heteroatoms. The van der Waals surface area contributed by atoms with Gasteiger partial charge in [0.2, 0.25) is 0 Å². The summed E-state index contributed by atoms with van der Waals surface area (Å²) in [5, 5.41) is 9.28. The zero-order valence-corrected chi connectivity index (χ0v) is 21.5. The van der Waals surface area contributed by atoms with Crippen molar-refractivity contribution in [2.75, 3.05) is 0 Å². The van der Waals surface area contributed by atoms with E-state index in [4.69, 9.17) is 8.83 Å². The first kappa shape index (κ1) is 21.6. The van der Waals surface area contributed by atoms with Gasteiger partial charge in [0, 0.05) is 16.2 Å². The lowest BCUT2D eigenvalue weighted by atomic mass is 9.97. The van der Waals surface area contributed by atoms with Crippen molar-refractivity contribution in [1.82, 2.24) is 0 Å². The Morgan fingerprint density at radius 3 is 1.95 bits per heavy atom. The maximum absolute atomic E-state index is 6.55. The van der Waals surface area contributed by atoms with E-state index in [1.165, 1.54) is 38.2 Å². The summed E-state index contributed by atoms with van der Waals surface area (Å²) in [4.78, 5) is 0. The molecule has 0 fully saturated rings. The van der Waals surface area contributed by atoms with Crippen LogP contribution < -0.4 is 0 Å². The summed E-state index contributed by atoms with van der Waals surface area (Å²) in [5.41, 5.74) is 8.21. The van der Waals surface area contributed by atoms with Crippen LogP contribution in [0.4, 0.5) is 0 Å². The van der Waals surface area contributed by atoms with E-state index in [9.17, 15) is 0 Å². The van der Waals surface area contributed by atoms with Gasteiger partial charge < -0.3 is 8.83 Å². The highest BCUT2D eigenvalue weighted by Gasteiger charge is 2.17. The maximum atomic E-state index is 6.55. The number of hydrogen-bond donors (Lipinski definition) is 0. The molecular formula is C38H22O2. The third-order valence-electron chi connectivity index (χ3n) is 8.25. The Bertz CT molecular complexity index is 2430. The summed E-state index contributed by atoms with van der Waals surface area (Å²) in [6.07, 6.45) is 0. The largest absolute Gasteiger partial charge is 0.456 e. The second-order valence-corrected chi connectivity index (χ2v) is 10.5. The topological polar surface area (TPSA) is 26.3 Å². The lowest BCUT2D eigenvalue weighted by Crippen LogP contribution is -1.81. The molecule has 0 unspecified atom stereocenters. The SMILES string of the molecule is c1ccc2cc(-c3ccc4oc5ccc6c7cc(-c8cccc9ccccc89)ccc7oc6c5c4c3)ccc2c1. The van der Waals surface area contributed by atoms with Crippen molar-refractivity contribution in [1.29, 1.82) is 0 Å². The van der Waals surface area contributed by atoms with Crippen LogP contribution in [-0.4, -0.2) is 0 Å². The molecule has 2 heterocycles. The lowest BCUT2D eigenvalue weighted by Gasteiger charge is -2.07. The van der Waals surface area contributed by atoms with Gasteiger partial charge in [0.05, 0.1) is 5.39 Å². The van der Waals surface area contributed by atoms with Crippen LogP contribution in [-0.2, 0) is 0 Å². The van der Waals surface area contributed by atoms with Gasteiger partial charge in [-0.1, -0.05) is 91.0 Å². The highest BCUT2D eigenvalue weighted by atomic mass is 16.3. The van der Waals surface area contributed by atoms with E-state index in [1.54, 1.807) is 0 Å². The van der Waals surface area contributed by atoms with Crippen LogP contribution in [0, 0.1) is 0 Å². The van der Waals surface area contributed by atoms with Crippen molar-refractivity contribution < 1.29 is 8.83 Å². The predicted molar refractivity (Wildman–Crippen MR) is 167 cm³/mol. The van der Waals surface area contributed by atoms with E-state index < -0.39 is 0 Å². The molecule has 186 valence electrons. The first-order valence-corrected chi connectivity index (χ1v) is 13.6. The summed E-state index contributed by atoms with van der Waals surface area (Å²) >= 11 is 0. The minimum Gasteiger partial charge on any atom is -0.456 e. The van der Waals surface area contributed by atoms with Crippen molar-refractivity contribution in [3.8, 4) is 22.3 Å². The third-order valence-corrected chi connectivity index (χ3v) is 8.25. The van der Waals surface area contributed by atoms with Crippen LogP contribution in [0.5, 0.6) is 0 Å². The molecule has 0 saturated carbocycles. The summed E-state index contributed by atoms with van der Waals surface area (Å²) in [6, 6.07) is 47.3. The molecule has 2 nitrogen and oxygen atoms in total. The lowest BCUT2D eigenvalue weighted by molar-refractivity contribution is 0.663. The molecule has 7 aromatic carbocycles. The van der Waals surface area contributed by atoms with Crippen LogP contribution in [0.15, 0.2) is 142 Å². The molecule has 0 N–H and O–H groups in total. The molecule has 0 bridgehead atoms.